The summed E-state index contributed by atoms with van der Waals surface area (Å²) < 4.78 is 18.7. The van der Waals surface area contributed by atoms with Gasteiger partial charge in [-0.1, -0.05) is 34.6 Å². The molecule has 0 radical (unpaired) electrons. The lowest BCUT2D eigenvalue weighted by atomic mass is 9.34. The third kappa shape index (κ3) is 4.44. The van der Waals surface area contributed by atoms with Gasteiger partial charge < -0.3 is 24.4 Å². The monoisotopic (exact) mass is 576 g/mol. The molecule has 1 heterocycles. The van der Waals surface area contributed by atoms with E-state index in [4.69, 9.17) is 14.2 Å². The fraction of sp³-hybridized carbons (Fsp3) is 0.941. The Hall–Kier alpha value is -1.18. The molecule has 4 saturated carbocycles. The van der Waals surface area contributed by atoms with E-state index in [-0.39, 0.29) is 81.2 Å². The zero-order chi connectivity index (χ0) is 30.6. The molecule has 0 aromatic carbocycles. The van der Waals surface area contributed by atoms with Crippen LogP contribution in [0.5, 0.6) is 0 Å². The highest BCUT2D eigenvalue weighted by Crippen LogP contribution is 2.76. The molecule has 7 nitrogen and oxygen atoms in total. The highest BCUT2D eigenvalue weighted by molar-refractivity contribution is 5.67. The summed E-state index contributed by atoms with van der Waals surface area (Å²) >= 11 is 0. The summed E-state index contributed by atoms with van der Waals surface area (Å²) in [4.78, 5) is 24.6. The molecule has 5 rings (SSSR count). The smallest absolute Gasteiger partial charge is 0.302 e. The molecule has 4 aliphatic carbocycles. The van der Waals surface area contributed by atoms with Gasteiger partial charge in [-0.15, -0.1) is 0 Å². The van der Waals surface area contributed by atoms with E-state index in [0.717, 1.165) is 38.5 Å². The summed E-state index contributed by atoms with van der Waals surface area (Å²) in [6.45, 7) is 20.4. The first kappa shape index (κ1) is 31.3. The van der Waals surface area contributed by atoms with Crippen LogP contribution in [0.3, 0.4) is 0 Å². The first-order chi connectivity index (χ1) is 18.7. The molecule has 234 valence electrons. The molecule has 5 fully saturated rings. The molecule has 0 spiro atoms. The SMILES string of the molecule is CC(=O)O[C@@H]1C[C@@H](OC(C)=O)[C@]2(C)[C@H]3C[C@@H](O)[C@@H]4[C@@H]([C@]5(C)CC[C@H](C(C)(C)O)O5)CC[C@@]4(C)[C@]3(C)CC[C@H]2C1(C)C. The highest BCUT2D eigenvalue weighted by atomic mass is 16.6. The first-order valence-corrected chi connectivity index (χ1v) is 16.1. The third-order valence-corrected chi connectivity index (χ3v) is 13.9. The number of rotatable bonds is 4. The first-order valence-electron chi connectivity index (χ1n) is 16.1. The van der Waals surface area contributed by atoms with Gasteiger partial charge in [0.15, 0.2) is 0 Å². The number of carbonyl (C=O) groups excluding carboxylic acids is 2. The van der Waals surface area contributed by atoms with Crippen LogP contribution in [-0.2, 0) is 23.8 Å². The Morgan fingerprint density at radius 3 is 1.95 bits per heavy atom. The second kappa shape index (κ2) is 9.66. The van der Waals surface area contributed by atoms with Crippen LogP contribution < -0.4 is 0 Å². The van der Waals surface area contributed by atoms with Gasteiger partial charge in [0.2, 0.25) is 0 Å². The second-order valence-corrected chi connectivity index (χ2v) is 16.7. The quantitative estimate of drug-likeness (QED) is 0.406. The molecule has 0 amide bonds. The molecule has 0 aromatic heterocycles. The lowest BCUT2D eigenvalue weighted by molar-refractivity contribution is -0.279. The van der Waals surface area contributed by atoms with Crippen molar-refractivity contribution in [2.75, 3.05) is 0 Å². The minimum atomic E-state index is -0.891. The molecular weight excluding hydrogens is 520 g/mol. The van der Waals surface area contributed by atoms with Gasteiger partial charge in [0, 0.05) is 31.1 Å². The van der Waals surface area contributed by atoms with E-state index in [1.165, 1.54) is 13.8 Å². The maximum Gasteiger partial charge on any atom is 0.302 e. The minimum absolute atomic E-state index is 0.0652. The van der Waals surface area contributed by atoms with Gasteiger partial charge in [-0.25, -0.2) is 0 Å². The molecule has 1 aliphatic heterocycles. The summed E-state index contributed by atoms with van der Waals surface area (Å²) in [5.41, 5.74) is -2.10. The van der Waals surface area contributed by atoms with Crippen molar-refractivity contribution in [2.45, 2.75) is 156 Å². The van der Waals surface area contributed by atoms with Crippen molar-refractivity contribution in [3.05, 3.63) is 0 Å². The third-order valence-electron chi connectivity index (χ3n) is 13.9. The summed E-state index contributed by atoms with van der Waals surface area (Å²) in [7, 11) is 0. The minimum Gasteiger partial charge on any atom is -0.462 e. The zero-order valence-corrected chi connectivity index (χ0v) is 27.2. The van der Waals surface area contributed by atoms with E-state index in [1.807, 2.05) is 13.8 Å². The van der Waals surface area contributed by atoms with E-state index < -0.39 is 11.7 Å². The summed E-state index contributed by atoms with van der Waals surface area (Å²) in [6.07, 6.45) is 5.48. The molecule has 2 N–H and O–H groups in total. The highest BCUT2D eigenvalue weighted by Gasteiger charge is 2.74. The molecule has 7 heteroatoms. The average molecular weight is 577 g/mol. The van der Waals surface area contributed by atoms with Crippen LogP contribution in [-0.4, -0.2) is 57.8 Å². The van der Waals surface area contributed by atoms with E-state index in [9.17, 15) is 19.8 Å². The van der Waals surface area contributed by atoms with Crippen LogP contribution in [0.25, 0.3) is 0 Å². The molecule has 0 unspecified atom stereocenters. The van der Waals surface area contributed by atoms with E-state index in [0.29, 0.717) is 12.8 Å². The van der Waals surface area contributed by atoms with Gasteiger partial charge in [-0.05, 0) is 100 Å². The summed E-state index contributed by atoms with van der Waals surface area (Å²) in [6, 6.07) is 0. The number of aliphatic hydroxyl groups excluding tert-OH is 1. The van der Waals surface area contributed by atoms with E-state index >= 15 is 0 Å². The fourth-order valence-corrected chi connectivity index (χ4v) is 11.7. The van der Waals surface area contributed by atoms with Crippen LogP contribution in [0.4, 0.5) is 0 Å². The molecule has 41 heavy (non-hydrogen) atoms. The van der Waals surface area contributed by atoms with E-state index in [1.54, 1.807) is 0 Å². The average Bonchev–Trinajstić information content (AvgIpc) is 3.41. The molecule has 0 aromatic rings. The Kier molecular flexibility index (Phi) is 7.36. The van der Waals surface area contributed by atoms with Crippen LogP contribution in [0.15, 0.2) is 0 Å². The van der Waals surface area contributed by atoms with Crippen molar-refractivity contribution in [1.29, 1.82) is 0 Å². The second-order valence-electron chi connectivity index (χ2n) is 16.7. The molecule has 5 aliphatic rings. The number of carbonyl (C=O) groups is 2. The predicted molar refractivity (Wildman–Crippen MR) is 156 cm³/mol. The molecular formula is C34H56O7. The van der Waals surface area contributed by atoms with E-state index in [2.05, 4.69) is 41.5 Å². The van der Waals surface area contributed by atoms with Crippen LogP contribution >= 0.6 is 0 Å². The van der Waals surface area contributed by atoms with Gasteiger partial charge in [0.1, 0.15) is 12.2 Å². The number of fused-ring (bicyclic) bond motifs is 5. The van der Waals surface area contributed by atoms with Gasteiger partial charge in [0.05, 0.1) is 23.4 Å². The maximum absolute atomic E-state index is 12.5. The number of hydrogen-bond donors (Lipinski definition) is 2. The summed E-state index contributed by atoms with van der Waals surface area (Å²) in [5, 5.41) is 22.9. The lowest BCUT2D eigenvalue weighted by Gasteiger charge is -2.71. The van der Waals surface area contributed by atoms with Crippen molar-refractivity contribution in [1.82, 2.24) is 0 Å². The van der Waals surface area contributed by atoms with Crippen molar-refractivity contribution in [3.63, 3.8) is 0 Å². The molecule has 1 saturated heterocycles. The Morgan fingerprint density at radius 2 is 1.39 bits per heavy atom. The van der Waals surface area contributed by atoms with Gasteiger partial charge >= 0.3 is 11.9 Å². The standard InChI is InChI=1S/C34H56O7/c1-19(35)39-26-18-27(40-20(2)36)34(10)23(29(26,3)4)12-15-31(7)24(34)17-22(37)28-21(11-14-32(28,31)8)33(9)16-13-25(41-33)30(5,6)38/h21-28,37-38H,11-18H2,1-10H3/t21-,22+,23-,24-,25+,26+,27+,28-,31+,32+,33-,34-/m0/s1. The Balaban J connectivity index is 1.53. The fourth-order valence-electron chi connectivity index (χ4n) is 11.7. The van der Waals surface area contributed by atoms with Gasteiger partial charge in [0.25, 0.3) is 0 Å². The number of aliphatic hydroxyl groups is 2. The Bertz CT molecular complexity index is 1060. The van der Waals surface area contributed by atoms with Crippen LogP contribution in [0.1, 0.15) is 121 Å². The van der Waals surface area contributed by atoms with Crippen molar-refractivity contribution in [2.24, 2.45) is 45.3 Å². The zero-order valence-electron chi connectivity index (χ0n) is 27.2. The Morgan fingerprint density at radius 1 is 0.805 bits per heavy atom. The summed E-state index contributed by atoms with van der Waals surface area (Å²) in [5.74, 6) is 0.0299. The topological polar surface area (TPSA) is 102 Å². The van der Waals surface area contributed by atoms with Gasteiger partial charge in [-0.2, -0.15) is 0 Å². The number of ether oxygens (including phenoxy) is 3. The predicted octanol–water partition coefficient (Wildman–Crippen LogP) is 5.82. The number of esters is 2. The van der Waals surface area contributed by atoms with Crippen molar-refractivity contribution in [3.8, 4) is 0 Å². The normalized spacial score (nSPS) is 50.8. The largest absolute Gasteiger partial charge is 0.462 e. The van der Waals surface area contributed by atoms with Crippen LogP contribution in [0, 0.1) is 45.3 Å². The molecule has 0 bridgehead atoms. The lowest BCUT2D eigenvalue weighted by Crippen LogP contribution is -2.70. The maximum atomic E-state index is 12.5. The number of hydrogen-bond acceptors (Lipinski definition) is 7. The van der Waals surface area contributed by atoms with Crippen LogP contribution in [0.2, 0.25) is 0 Å². The Labute approximate surface area is 247 Å². The molecule has 12 atom stereocenters. The van der Waals surface area contributed by atoms with Crippen molar-refractivity contribution < 1.29 is 34.0 Å². The van der Waals surface area contributed by atoms with Gasteiger partial charge in [-0.3, -0.25) is 9.59 Å². The van der Waals surface area contributed by atoms with Crippen molar-refractivity contribution >= 4 is 11.9 Å².